The highest BCUT2D eigenvalue weighted by Crippen LogP contribution is 2.34. The van der Waals surface area contributed by atoms with Gasteiger partial charge in [-0.25, -0.2) is 0 Å². The zero-order valence-corrected chi connectivity index (χ0v) is 24.9. The van der Waals surface area contributed by atoms with Gasteiger partial charge in [0.25, 0.3) is 0 Å². The van der Waals surface area contributed by atoms with Crippen LogP contribution in [0.5, 0.6) is 0 Å². The lowest BCUT2D eigenvalue weighted by molar-refractivity contribution is -0.139. The standard InChI is InChI=1S/C36H45N3O3/c1-2-10-31(34(37)40)32(22-25-11-3-4-12-25)35(41)38-33-17-7-8-20-39(36(33)42)24-26-13-9-16-28(21-26)30-19-18-27-14-5-6-15-29(27)23-30/h5-6,9,13-16,18-19,21,23,25,31-33H,2-4,7-8,10-12,17,20,22,24H2,1H3,(H2,37,40)(H,38,41)/t31-,32+,33-/m0/s1. The van der Waals surface area contributed by atoms with E-state index >= 15 is 0 Å². The molecule has 42 heavy (non-hydrogen) atoms. The summed E-state index contributed by atoms with van der Waals surface area (Å²) in [5.41, 5.74) is 9.15. The number of primary amides is 1. The molecule has 3 aromatic rings. The number of fused-ring (bicyclic) bond motifs is 1. The Kier molecular flexibility index (Phi) is 9.93. The van der Waals surface area contributed by atoms with Crippen molar-refractivity contribution >= 4 is 28.5 Å². The predicted molar refractivity (Wildman–Crippen MR) is 168 cm³/mol. The molecule has 2 fully saturated rings. The van der Waals surface area contributed by atoms with Crippen molar-refractivity contribution in [3.05, 3.63) is 72.3 Å². The van der Waals surface area contributed by atoms with Gasteiger partial charge in [0.1, 0.15) is 6.04 Å². The minimum Gasteiger partial charge on any atom is -0.369 e. The van der Waals surface area contributed by atoms with E-state index in [1.165, 1.54) is 23.6 Å². The van der Waals surface area contributed by atoms with Gasteiger partial charge in [-0.3, -0.25) is 14.4 Å². The first-order chi connectivity index (χ1) is 20.4. The molecule has 1 saturated heterocycles. The van der Waals surface area contributed by atoms with Crippen LogP contribution in [0.1, 0.15) is 76.7 Å². The molecule has 3 amide bonds. The van der Waals surface area contributed by atoms with Gasteiger partial charge < -0.3 is 16.0 Å². The van der Waals surface area contributed by atoms with Crippen LogP contribution in [0.4, 0.5) is 0 Å². The Hall–Kier alpha value is -3.67. The summed E-state index contributed by atoms with van der Waals surface area (Å²) in [5, 5.41) is 5.52. The van der Waals surface area contributed by atoms with Gasteiger partial charge in [-0.1, -0.05) is 93.6 Å². The van der Waals surface area contributed by atoms with Crippen molar-refractivity contribution in [2.24, 2.45) is 23.5 Å². The van der Waals surface area contributed by atoms with Crippen molar-refractivity contribution in [3.8, 4) is 11.1 Å². The average molecular weight is 568 g/mol. The van der Waals surface area contributed by atoms with Crippen molar-refractivity contribution < 1.29 is 14.4 Å². The first kappa shape index (κ1) is 29.8. The highest BCUT2D eigenvalue weighted by molar-refractivity contribution is 5.91. The van der Waals surface area contributed by atoms with Crippen molar-refractivity contribution in [1.29, 1.82) is 0 Å². The molecule has 5 rings (SSSR count). The third-order valence-electron chi connectivity index (χ3n) is 9.33. The van der Waals surface area contributed by atoms with E-state index in [1.807, 2.05) is 24.0 Å². The smallest absolute Gasteiger partial charge is 0.245 e. The Morgan fingerprint density at radius 2 is 1.62 bits per heavy atom. The molecular weight excluding hydrogens is 522 g/mol. The van der Waals surface area contributed by atoms with Gasteiger partial charge in [0.2, 0.25) is 17.7 Å². The van der Waals surface area contributed by atoms with E-state index in [9.17, 15) is 14.4 Å². The quantitative estimate of drug-likeness (QED) is 0.273. The van der Waals surface area contributed by atoms with Crippen LogP contribution >= 0.6 is 0 Å². The van der Waals surface area contributed by atoms with Gasteiger partial charge in [0, 0.05) is 24.9 Å². The zero-order chi connectivity index (χ0) is 29.5. The van der Waals surface area contributed by atoms with Gasteiger partial charge in [-0.15, -0.1) is 0 Å². The van der Waals surface area contributed by atoms with Crippen LogP contribution in [-0.4, -0.2) is 35.2 Å². The van der Waals surface area contributed by atoms with Crippen molar-refractivity contribution in [2.45, 2.75) is 83.7 Å². The maximum absolute atomic E-state index is 13.8. The maximum atomic E-state index is 13.8. The molecule has 222 valence electrons. The number of amides is 3. The molecule has 0 spiro atoms. The molecule has 0 aromatic heterocycles. The normalized spacial score (nSPS) is 19.4. The molecule has 2 aliphatic rings. The SMILES string of the molecule is CCC[C@H](C(N)=O)[C@@H](CC1CCCC1)C(=O)N[C@H]1CCCCN(Cc2cccc(-c3ccc4ccccc4c3)c2)C1=O. The van der Waals surface area contributed by atoms with Crippen LogP contribution < -0.4 is 11.1 Å². The lowest BCUT2D eigenvalue weighted by Crippen LogP contribution is -2.50. The van der Waals surface area contributed by atoms with E-state index in [4.69, 9.17) is 5.73 Å². The van der Waals surface area contributed by atoms with E-state index in [-0.39, 0.29) is 11.8 Å². The van der Waals surface area contributed by atoms with Crippen LogP contribution in [0.25, 0.3) is 21.9 Å². The molecule has 6 heteroatoms. The van der Waals surface area contributed by atoms with Gasteiger partial charge in [0.15, 0.2) is 0 Å². The van der Waals surface area contributed by atoms with Crippen LogP contribution in [0.2, 0.25) is 0 Å². The number of hydrogen-bond donors (Lipinski definition) is 2. The zero-order valence-electron chi connectivity index (χ0n) is 24.9. The highest BCUT2D eigenvalue weighted by Gasteiger charge is 2.37. The van der Waals surface area contributed by atoms with E-state index in [1.54, 1.807) is 0 Å². The minimum absolute atomic E-state index is 0.0392. The molecule has 1 aliphatic heterocycles. The number of nitrogens with two attached hydrogens (primary N) is 1. The molecule has 6 nitrogen and oxygen atoms in total. The van der Waals surface area contributed by atoms with Crippen LogP contribution in [-0.2, 0) is 20.9 Å². The second-order valence-corrected chi connectivity index (χ2v) is 12.4. The molecule has 3 N–H and O–H groups in total. The summed E-state index contributed by atoms with van der Waals surface area (Å²) < 4.78 is 0. The summed E-state index contributed by atoms with van der Waals surface area (Å²) in [6.45, 7) is 3.18. The average Bonchev–Trinajstić information content (AvgIpc) is 3.46. The number of nitrogens with one attached hydrogen (secondary N) is 1. The topological polar surface area (TPSA) is 92.5 Å². The van der Waals surface area contributed by atoms with Crippen LogP contribution in [0.3, 0.4) is 0 Å². The number of carbonyl (C=O) groups is 3. The molecule has 1 aliphatic carbocycles. The fourth-order valence-corrected chi connectivity index (χ4v) is 7.03. The Balaban J connectivity index is 1.30. The summed E-state index contributed by atoms with van der Waals surface area (Å²) in [7, 11) is 0. The van der Waals surface area contributed by atoms with Crippen molar-refractivity contribution in [2.75, 3.05) is 6.54 Å². The molecule has 0 bridgehead atoms. The molecule has 3 aromatic carbocycles. The van der Waals surface area contributed by atoms with Crippen LogP contribution in [0, 0.1) is 17.8 Å². The number of rotatable bonds is 11. The minimum atomic E-state index is -0.579. The van der Waals surface area contributed by atoms with Gasteiger partial charge in [0.05, 0.1) is 0 Å². The van der Waals surface area contributed by atoms with Crippen molar-refractivity contribution in [1.82, 2.24) is 10.2 Å². The molecule has 0 radical (unpaired) electrons. The largest absolute Gasteiger partial charge is 0.369 e. The first-order valence-electron chi connectivity index (χ1n) is 15.9. The second kappa shape index (κ2) is 14.0. The molecule has 0 unspecified atom stereocenters. The van der Waals surface area contributed by atoms with Crippen molar-refractivity contribution in [3.63, 3.8) is 0 Å². The summed E-state index contributed by atoms with van der Waals surface area (Å²) >= 11 is 0. The second-order valence-electron chi connectivity index (χ2n) is 12.4. The Morgan fingerprint density at radius 3 is 2.38 bits per heavy atom. The fraction of sp³-hybridized carbons (Fsp3) is 0.472. The lowest BCUT2D eigenvalue weighted by atomic mass is 9.80. The van der Waals surface area contributed by atoms with E-state index in [0.29, 0.717) is 38.3 Å². The summed E-state index contributed by atoms with van der Waals surface area (Å²) in [4.78, 5) is 41.9. The Morgan fingerprint density at radius 1 is 0.881 bits per heavy atom. The lowest BCUT2D eigenvalue weighted by Gasteiger charge is -2.29. The van der Waals surface area contributed by atoms with E-state index in [2.05, 4.69) is 59.9 Å². The number of benzene rings is 3. The van der Waals surface area contributed by atoms with E-state index in [0.717, 1.165) is 48.8 Å². The third-order valence-corrected chi connectivity index (χ3v) is 9.33. The van der Waals surface area contributed by atoms with Crippen LogP contribution in [0.15, 0.2) is 66.7 Å². The number of hydrogen-bond acceptors (Lipinski definition) is 3. The summed E-state index contributed by atoms with van der Waals surface area (Å²) in [6.07, 6.45) is 8.97. The Labute approximate surface area is 250 Å². The van der Waals surface area contributed by atoms with E-state index < -0.39 is 23.8 Å². The number of likely N-dealkylation sites (tertiary alicyclic amines) is 1. The molecule has 3 atom stereocenters. The third kappa shape index (κ3) is 7.21. The van der Waals surface area contributed by atoms with Gasteiger partial charge >= 0.3 is 0 Å². The first-order valence-corrected chi connectivity index (χ1v) is 15.9. The fourth-order valence-electron chi connectivity index (χ4n) is 7.03. The summed E-state index contributed by atoms with van der Waals surface area (Å²) in [5.74, 6) is -1.16. The maximum Gasteiger partial charge on any atom is 0.245 e. The van der Waals surface area contributed by atoms with Gasteiger partial charge in [-0.05, 0) is 77.6 Å². The monoisotopic (exact) mass is 567 g/mol. The number of nitrogens with zero attached hydrogens (tertiary/aromatic N) is 1. The Bertz CT molecular complexity index is 1400. The molecule has 1 heterocycles. The van der Waals surface area contributed by atoms with Gasteiger partial charge in [-0.2, -0.15) is 0 Å². The summed E-state index contributed by atoms with van der Waals surface area (Å²) in [6, 6.07) is 22.6. The predicted octanol–water partition coefficient (Wildman–Crippen LogP) is 6.60. The highest BCUT2D eigenvalue weighted by atomic mass is 16.2. The number of carbonyl (C=O) groups excluding carboxylic acids is 3. The molecular formula is C36H45N3O3. The molecule has 1 saturated carbocycles.